The number of carbonyl (C=O) groups is 5. The zero-order chi connectivity index (χ0) is 104. The number of H-pyrrole nitrogens is 5. The molecule has 0 unspecified atom stereocenters. The number of aromatic amines is 5. The molecule has 2 aliphatic rings. The number of aliphatic hydroxyl groups is 1. The van der Waals surface area contributed by atoms with E-state index in [0.29, 0.717) is 130 Å². The van der Waals surface area contributed by atoms with Crippen molar-refractivity contribution in [2.45, 2.75) is 50.8 Å². The molecule has 8 aromatic heterocycles. The second-order valence-corrected chi connectivity index (χ2v) is 34.3. The summed E-state index contributed by atoms with van der Waals surface area (Å²) in [5.41, 5.74) is 10.2. The van der Waals surface area contributed by atoms with E-state index in [1.807, 2.05) is 53.9 Å². The minimum atomic E-state index is -0.617. The zero-order valence-corrected chi connectivity index (χ0v) is 80.4. The summed E-state index contributed by atoms with van der Waals surface area (Å²) in [7, 11) is 8.77. The van der Waals surface area contributed by atoms with Gasteiger partial charge in [0.05, 0.1) is 176 Å². The monoisotopic (exact) mass is 2030 g/mol. The number of anilines is 4. The molecule has 18 aromatic rings. The van der Waals surface area contributed by atoms with Crippen molar-refractivity contribution in [1.29, 1.82) is 0 Å². The van der Waals surface area contributed by atoms with Crippen molar-refractivity contribution in [2.24, 2.45) is 5.92 Å². The molecule has 0 radical (unpaired) electrons. The lowest BCUT2D eigenvalue weighted by Crippen LogP contribution is -2.35. The van der Waals surface area contributed by atoms with Crippen molar-refractivity contribution >= 4 is 179 Å². The summed E-state index contributed by atoms with van der Waals surface area (Å²) in [6.45, 7) is 0.589. The standard InChI is InChI=1S/C23H21N5O3.C22H17F2N3O2S.C21H20F2N4O3.C21H15F2N3O3.C21H19F2N3O2/c1-30-17-6-3-15(4-7-17)5-9-19-21-20(28-27-19)10-8-18(22(21)31-2)23(29)26-14-16-13-24-11-12-25-16;1-29-21-7-5-13(9-17(21)24)4-6-18-15-11-20(16(23)12-19(15)27-26-18)25-22(28)10-14-3-2-8-30-14;1-30-20-5-3-11(6-15(20)23)2-4-16-13-8-18(14(22)9-17(13)27-26-16)25-21(29)19-7-12(28)10-24-19;1-28-19-7-5-12(9-15(19)23)4-6-16-13-10-18(14(22)11-17(13)26-25-16)24-21(27)20-3-2-8-29-20;1-28-20-7-5-12(8-16(20)23)4-6-17-14-10-19(15(22)11-18(14)26-25-17)24-21(27)9-13-2-3-13/h3-13H,14H2,1-2H3,(H,26,29)(H,27,28);2-9,11-12H,10H2,1H3,(H,25,28)(H,26,27);2-6,8-9,12,19,24,28H,7,10H2,1H3,(H,25,29)(H,26,27);2-11H,1H3,(H,24,27)(H,25,26);4-8,10-11,13H,2-3,9H2,1H3,(H,24,27)(H,25,26)/b9-5+;6-4+;4-2+;2*6-4+/t;;12-,19+;;/m..1../s1. The number of β-amino-alcohol motifs (C(OH)–C–C–N with tert-alkyl or cyclic N) is 1. The number of amides is 5. The van der Waals surface area contributed by atoms with Crippen LogP contribution in [-0.2, 0) is 27.3 Å². The van der Waals surface area contributed by atoms with Crippen LogP contribution in [0.1, 0.15) is 113 Å². The minimum absolute atomic E-state index is 0.00885. The third kappa shape index (κ3) is 25.9. The highest BCUT2D eigenvalue weighted by molar-refractivity contribution is 7.10. The Hall–Kier alpha value is -18.2. The van der Waals surface area contributed by atoms with Gasteiger partial charge in [0.15, 0.2) is 52.0 Å². The number of hydrogen-bond acceptors (Lipinski definition) is 22. The molecule has 1 aliphatic carbocycles. The van der Waals surface area contributed by atoms with Gasteiger partial charge in [0.1, 0.15) is 34.8 Å². The molecule has 754 valence electrons. The molecule has 31 nitrogen and oxygen atoms in total. The number of rotatable bonds is 29. The van der Waals surface area contributed by atoms with Crippen LogP contribution in [0, 0.1) is 52.5 Å². The highest BCUT2D eigenvalue weighted by Crippen LogP contribution is 2.38. The van der Waals surface area contributed by atoms with Crippen molar-refractivity contribution in [3.63, 3.8) is 0 Å². The summed E-state index contributed by atoms with van der Waals surface area (Å²) in [5, 5.41) is 65.7. The molecule has 0 bridgehead atoms. The van der Waals surface area contributed by atoms with E-state index in [-0.39, 0.29) is 88.6 Å². The molecular weight excluding hydrogens is 1940 g/mol. The first-order chi connectivity index (χ1) is 71.7. The van der Waals surface area contributed by atoms with Crippen LogP contribution in [0.3, 0.4) is 0 Å². The Morgan fingerprint density at radius 1 is 0.453 bits per heavy atom. The predicted molar refractivity (Wildman–Crippen MR) is 550 cm³/mol. The molecule has 9 heterocycles. The Balaban J connectivity index is 0.000000132. The molecule has 40 heteroatoms. The SMILES string of the molecule is COc1ccc(/C=C/c2[nH]nc3ccc(C(=O)NCc4cnccn4)c(OC)c23)cc1.COc1ccc(/C=C/c2n[nH]c3cc(F)c(NC(=O)CC4CC4)cc23)cc1F.COc1ccc(/C=C/c2n[nH]c3cc(F)c(NC(=O)Cc4cccs4)cc23)cc1F.COc1ccc(/C=C/c2n[nH]c3cc(F)c(NC(=O)[C@@H]4C[C@@H](O)CN4)cc23)cc1F.COc1ccc(/C=C/c2n[nH]c3cc(F)c(NC(=O)c4ccco4)cc23)cc1F. The van der Waals surface area contributed by atoms with Gasteiger partial charge in [0.25, 0.3) is 11.8 Å². The Labute approximate surface area is 841 Å². The van der Waals surface area contributed by atoms with Crippen LogP contribution in [0.15, 0.2) is 217 Å². The zero-order valence-electron chi connectivity index (χ0n) is 79.6. The van der Waals surface area contributed by atoms with Crippen molar-refractivity contribution in [1.82, 2.24) is 71.6 Å². The van der Waals surface area contributed by atoms with E-state index in [9.17, 15) is 64.2 Å². The third-order valence-electron chi connectivity index (χ3n) is 23.2. The van der Waals surface area contributed by atoms with Crippen LogP contribution in [0.25, 0.3) is 115 Å². The lowest BCUT2D eigenvalue weighted by molar-refractivity contribution is -0.118. The normalized spacial score (nSPS) is 13.3. The van der Waals surface area contributed by atoms with E-state index in [1.165, 1.54) is 144 Å². The molecule has 2 atom stereocenters. The Kier molecular flexibility index (Phi) is 33.2. The van der Waals surface area contributed by atoms with Crippen LogP contribution >= 0.6 is 11.3 Å². The summed E-state index contributed by atoms with van der Waals surface area (Å²) in [6.07, 6.45) is 25.8. The molecule has 1 saturated carbocycles. The average molecular weight is 2030 g/mol. The number of benzene rings is 10. The number of nitrogens with zero attached hydrogens (tertiary/aromatic N) is 7. The van der Waals surface area contributed by atoms with Crippen LogP contribution in [0.2, 0.25) is 0 Å². The number of methoxy groups -OCH3 is 6. The Bertz CT molecular complexity index is 8030. The van der Waals surface area contributed by atoms with E-state index in [4.69, 9.17) is 32.8 Å². The van der Waals surface area contributed by atoms with Crippen LogP contribution in [0.5, 0.6) is 34.5 Å². The maximum absolute atomic E-state index is 14.4. The van der Waals surface area contributed by atoms with Gasteiger partial charge in [0.2, 0.25) is 17.7 Å². The van der Waals surface area contributed by atoms with Gasteiger partial charge in [-0.25, -0.2) is 35.1 Å². The van der Waals surface area contributed by atoms with Gasteiger partial charge in [-0.1, -0.05) is 72.8 Å². The van der Waals surface area contributed by atoms with Crippen molar-refractivity contribution < 1.29 is 97.0 Å². The van der Waals surface area contributed by atoms with Crippen molar-refractivity contribution in [3.8, 4) is 34.5 Å². The Morgan fingerprint density at radius 3 is 1.32 bits per heavy atom. The van der Waals surface area contributed by atoms with Gasteiger partial charge >= 0.3 is 0 Å². The molecule has 1 aliphatic heterocycles. The molecular formula is C108H92F8N18O13S. The quantitative estimate of drug-likeness (QED) is 0.0194. The summed E-state index contributed by atoms with van der Waals surface area (Å²) < 4.78 is 148. The molecule has 5 amide bonds. The van der Waals surface area contributed by atoms with E-state index >= 15 is 0 Å². The van der Waals surface area contributed by atoms with Gasteiger partial charge in [-0.05, 0) is 204 Å². The molecule has 10 aromatic carbocycles. The number of aliphatic hydroxyl groups excluding tert-OH is 1. The fourth-order valence-electron chi connectivity index (χ4n) is 15.4. The van der Waals surface area contributed by atoms with Gasteiger partial charge in [-0.2, -0.15) is 25.5 Å². The maximum atomic E-state index is 14.4. The number of carbonyl (C=O) groups excluding carboxylic acids is 5. The summed E-state index contributed by atoms with van der Waals surface area (Å²) in [4.78, 5) is 70.6. The fourth-order valence-corrected chi connectivity index (χ4v) is 16.1. The average Bonchev–Trinajstić information content (AvgIpc) is 1.51. The molecule has 2 fully saturated rings. The molecule has 0 spiro atoms. The van der Waals surface area contributed by atoms with Crippen molar-refractivity contribution in [2.75, 3.05) is 70.5 Å². The minimum Gasteiger partial charge on any atom is -0.497 e. The molecule has 1 saturated heterocycles. The smallest absolute Gasteiger partial charge is 0.291 e. The summed E-state index contributed by atoms with van der Waals surface area (Å²) >= 11 is 1.47. The first-order valence-corrected chi connectivity index (χ1v) is 46.5. The molecule has 12 N–H and O–H groups in total. The van der Waals surface area contributed by atoms with Crippen LogP contribution in [-0.4, -0.2) is 157 Å². The molecule has 148 heavy (non-hydrogen) atoms. The lowest BCUT2D eigenvalue weighted by Gasteiger charge is -2.12. The van der Waals surface area contributed by atoms with E-state index in [0.717, 1.165) is 40.1 Å². The van der Waals surface area contributed by atoms with Crippen LogP contribution < -0.4 is 60.3 Å². The van der Waals surface area contributed by atoms with Gasteiger partial charge in [0, 0.05) is 76.0 Å². The highest BCUT2D eigenvalue weighted by Gasteiger charge is 2.30. The summed E-state index contributed by atoms with van der Waals surface area (Å²) in [5.74, 6) is -3.55. The van der Waals surface area contributed by atoms with Gasteiger partial charge < -0.3 is 69.8 Å². The second kappa shape index (κ2) is 47.8. The first-order valence-electron chi connectivity index (χ1n) is 45.6. The number of ether oxygens (including phenoxy) is 6. The topological polar surface area (TPSA) is 415 Å². The second-order valence-electron chi connectivity index (χ2n) is 33.3. The highest BCUT2D eigenvalue weighted by atomic mass is 32.1. The maximum Gasteiger partial charge on any atom is 0.291 e. The fraction of sp³-hybridized carbons (Fsp3) is 0.148. The first kappa shape index (κ1) is 103. The molecule has 20 rings (SSSR count). The number of nitrogens with one attached hydrogen (secondary N) is 11. The lowest BCUT2D eigenvalue weighted by atomic mass is 10.1. The third-order valence-corrected chi connectivity index (χ3v) is 24.1. The number of fused-ring (bicyclic) bond motifs is 5. The van der Waals surface area contributed by atoms with E-state index < -0.39 is 70.5 Å². The number of halogens is 8. The van der Waals surface area contributed by atoms with E-state index in [1.54, 1.807) is 129 Å². The number of aromatic nitrogens is 12. The van der Waals surface area contributed by atoms with E-state index in [2.05, 4.69) is 92.9 Å². The number of thiophene rings is 1. The Morgan fingerprint density at radius 2 is 0.912 bits per heavy atom. The number of furan rings is 1. The predicted octanol–water partition coefficient (Wildman–Crippen LogP) is 21.0. The number of hydrogen-bond donors (Lipinski definition) is 12. The van der Waals surface area contributed by atoms with Crippen molar-refractivity contribution in [3.05, 3.63) is 337 Å². The summed E-state index contributed by atoms with van der Waals surface area (Å²) in [6, 6.07) is 46.8. The van der Waals surface area contributed by atoms with Gasteiger partial charge in [-0.3, -0.25) is 59.4 Å². The van der Waals surface area contributed by atoms with Gasteiger partial charge in [-0.15, -0.1) is 11.3 Å². The largest absolute Gasteiger partial charge is 0.497 e. The van der Waals surface area contributed by atoms with Crippen LogP contribution in [0.4, 0.5) is 57.9 Å².